The summed E-state index contributed by atoms with van der Waals surface area (Å²) in [5.41, 5.74) is 11.1. The van der Waals surface area contributed by atoms with Crippen LogP contribution >= 0.6 is 0 Å². The van der Waals surface area contributed by atoms with Gasteiger partial charge >= 0.3 is 0 Å². The van der Waals surface area contributed by atoms with Gasteiger partial charge in [0.15, 0.2) is 0 Å². The van der Waals surface area contributed by atoms with Crippen molar-refractivity contribution in [2.45, 2.75) is 52.6 Å². The second-order valence-corrected chi connectivity index (χ2v) is 4.23. The first-order valence-electron chi connectivity index (χ1n) is 5.05. The molecule has 0 aliphatic heterocycles. The molecule has 0 heterocycles. The highest BCUT2D eigenvalue weighted by Crippen LogP contribution is 2.12. The summed E-state index contributed by atoms with van der Waals surface area (Å²) in [5, 5.41) is 0. The predicted molar refractivity (Wildman–Crippen MR) is 54.6 cm³/mol. The Morgan fingerprint density at radius 2 is 1.42 bits per heavy atom. The minimum atomic E-state index is -0.135. The van der Waals surface area contributed by atoms with Gasteiger partial charge in [0.2, 0.25) is 0 Å². The Hall–Kier alpha value is -0.0800. The van der Waals surface area contributed by atoms with Gasteiger partial charge in [-0.1, -0.05) is 40.0 Å². The van der Waals surface area contributed by atoms with E-state index in [1.165, 1.54) is 25.7 Å². The van der Waals surface area contributed by atoms with Crippen LogP contribution in [-0.4, -0.2) is 6.17 Å². The zero-order chi connectivity index (χ0) is 9.56. The summed E-state index contributed by atoms with van der Waals surface area (Å²) in [5.74, 6) is 1.30. The van der Waals surface area contributed by atoms with E-state index in [4.69, 9.17) is 11.5 Å². The topological polar surface area (TPSA) is 52.0 Å². The largest absolute Gasteiger partial charge is 0.316 e. The molecule has 4 N–H and O–H groups in total. The van der Waals surface area contributed by atoms with E-state index in [1.807, 2.05) is 0 Å². The summed E-state index contributed by atoms with van der Waals surface area (Å²) < 4.78 is 0. The molecule has 1 unspecified atom stereocenters. The van der Waals surface area contributed by atoms with Gasteiger partial charge in [0.05, 0.1) is 6.17 Å². The third-order valence-corrected chi connectivity index (χ3v) is 2.35. The van der Waals surface area contributed by atoms with Crippen LogP contribution in [0.4, 0.5) is 0 Å². The maximum atomic E-state index is 5.56. The average Bonchev–Trinajstić information content (AvgIpc) is 1.97. The molecule has 0 radical (unpaired) electrons. The van der Waals surface area contributed by atoms with Crippen LogP contribution in [0.2, 0.25) is 0 Å². The fraction of sp³-hybridized carbons (Fsp3) is 1.00. The molecule has 0 saturated heterocycles. The predicted octanol–water partition coefficient (Wildman–Crippen LogP) is 2.08. The van der Waals surface area contributed by atoms with E-state index in [9.17, 15) is 0 Å². The van der Waals surface area contributed by atoms with Crippen LogP contribution in [0.3, 0.4) is 0 Å². The van der Waals surface area contributed by atoms with Crippen LogP contribution in [0.15, 0.2) is 0 Å². The lowest BCUT2D eigenvalue weighted by Crippen LogP contribution is -2.37. The van der Waals surface area contributed by atoms with Crippen molar-refractivity contribution in [3.63, 3.8) is 0 Å². The maximum Gasteiger partial charge on any atom is 0.0547 e. The summed E-state index contributed by atoms with van der Waals surface area (Å²) in [7, 11) is 0. The van der Waals surface area contributed by atoms with E-state index in [1.54, 1.807) is 0 Å². The lowest BCUT2D eigenvalue weighted by atomic mass is 9.98. The van der Waals surface area contributed by atoms with Crippen molar-refractivity contribution in [3.8, 4) is 0 Å². The molecule has 0 amide bonds. The first-order valence-corrected chi connectivity index (χ1v) is 5.05. The van der Waals surface area contributed by atoms with Gasteiger partial charge in [-0.3, -0.25) is 0 Å². The van der Waals surface area contributed by atoms with E-state index in [0.717, 1.165) is 5.92 Å². The Morgan fingerprint density at radius 3 is 1.83 bits per heavy atom. The second-order valence-electron chi connectivity index (χ2n) is 4.23. The first-order chi connectivity index (χ1) is 5.54. The highest BCUT2D eigenvalue weighted by atomic mass is 14.9. The minimum Gasteiger partial charge on any atom is -0.316 e. The van der Waals surface area contributed by atoms with E-state index >= 15 is 0 Å². The van der Waals surface area contributed by atoms with Crippen molar-refractivity contribution >= 4 is 0 Å². The zero-order valence-corrected chi connectivity index (χ0v) is 8.72. The van der Waals surface area contributed by atoms with Crippen LogP contribution in [-0.2, 0) is 0 Å². The van der Waals surface area contributed by atoms with Crippen LogP contribution in [0.1, 0.15) is 46.5 Å². The summed E-state index contributed by atoms with van der Waals surface area (Å²) in [6, 6.07) is 0. The lowest BCUT2D eigenvalue weighted by Gasteiger charge is -2.15. The van der Waals surface area contributed by atoms with Crippen LogP contribution in [0.5, 0.6) is 0 Å². The molecule has 0 bridgehead atoms. The minimum absolute atomic E-state index is 0.135. The van der Waals surface area contributed by atoms with Crippen molar-refractivity contribution in [3.05, 3.63) is 0 Å². The van der Waals surface area contributed by atoms with Gasteiger partial charge in [-0.15, -0.1) is 0 Å². The third-order valence-electron chi connectivity index (χ3n) is 2.35. The standard InChI is InChI=1S/C10H24N2/c1-8(2)6-4-5-7-9(3)10(11)12/h8-10H,4-7,11-12H2,1-3H3. The molecule has 12 heavy (non-hydrogen) atoms. The highest BCUT2D eigenvalue weighted by molar-refractivity contribution is 4.62. The van der Waals surface area contributed by atoms with Gasteiger partial charge in [-0.2, -0.15) is 0 Å². The molecule has 0 aliphatic carbocycles. The second kappa shape index (κ2) is 6.44. The van der Waals surface area contributed by atoms with Crippen molar-refractivity contribution in [1.29, 1.82) is 0 Å². The number of hydrogen-bond donors (Lipinski definition) is 2. The van der Waals surface area contributed by atoms with Gasteiger partial charge < -0.3 is 11.5 Å². The molecule has 0 saturated carbocycles. The summed E-state index contributed by atoms with van der Waals surface area (Å²) in [6.07, 6.45) is 4.94. The van der Waals surface area contributed by atoms with Gasteiger partial charge in [0, 0.05) is 0 Å². The SMILES string of the molecule is CC(C)CCCCC(C)C(N)N. The van der Waals surface area contributed by atoms with Crippen molar-refractivity contribution in [1.82, 2.24) is 0 Å². The van der Waals surface area contributed by atoms with Crippen LogP contribution in [0, 0.1) is 11.8 Å². The fourth-order valence-corrected chi connectivity index (χ4v) is 1.21. The summed E-state index contributed by atoms with van der Waals surface area (Å²) in [4.78, 5) is 0. The smallest absolute Gasteiger partial charge is 0.0547 e. The van der Waals surface area contributed by atoms with Crippen LogP contribution in [0.25, 0.3) is 0 Å². The Kier molecular flexibility index (Phi) is 6.39. The third kappa shape index (κ3) is 6.62. The molecule has 0 aromatic carbocycles. The molecule has 2 heteroatoms. The van der Waals surface area contributed by atoms with Gasteiger partial charge in [0.1, 0.15) is 0 Å². The van der Waals surface area contributed by atoms with E-state index < -0.39 is 0 Å². The normalized spacial score (nSPS) is 14.2. The quantitative estimate of drug-likeness (QED) is 0.476. The molecule has 74 valence electrons. The highest BCUT2D eigenvalue weighted by Gasteiger charge is 2.06. The zero-order valence-electron chi connectivity index (χ0n) is 8.72. The molecule has 0 aliphatic rings. The van der Waals surface area contributed by atoms with Crippen LogP contribution < -0.4 is 11.5 Å². The molecular formula is C10H24N2. The Morgan fingerprint density at radius 1 is 0.917 bits per heavy atom. The van der Waals surface area contributed by atoms with Gasteiger partial charge in [-0.05, 0) is 18.3 Å². The van der Waals surface area contributed by atoms with Crippen molar-refractivity contribution < 1.29 is 0 Å². The van der Waals surface area contributed by atoms with Gasteiger partial charge in [0.25, 0.3) is 0 Å². The average molecular weight is 172 g/mol. The molecule has 0 aromatic rings. The molecule has 0 spiro atoms. The molecule has 0 fully saturated rings. The molecule has 0 rings (SSSR count). The molecular weight excluding hydrogens is 148 g/mol. The Labute approximate surface area is 76.7 Å². The molecule has 0 aromatic heterocycles. The molecule has 1 atom stereocenters. The number of hydrogen-bond acceptors (Lipinski definition) is 2. The first kappa shape index (κ1) is 11.9. The van der Waals surface area contributed by atoms with E-state index in [0.29, 0.717) is 5.92 Å². The van der Waals surface area contributed by atoms with E-state index in [2.05, 4.69) is 20.8 Å². The number of rotatable bonds is 6. The van der Waals surface area contributed by atoms with E-state index in [-0.39, 0.29) is 6.17 Å². The Bertz CT molecular complexity index is 100. The summed E-state index contributed by atoms with van der Waals surface area (Å²) >= 11 is 0. The van der Waals surface area contributed by atoms with Gasteiger partial charge in [-0.25, -0.2) is 0 Å². The summed E-state index contributed by atoms with van der Waals surface area (Å²) in [6.45, 7) is 6.65. The van der Waals surface area contributed by atoms with Crippen molar-refractivity contribution in [2.24, 2.45) is 23.3 Å². The maximum absolute atomic E-state index is 5.56. The lowest BCUT2D eigenvalue weighted by molar-refractivity contribution is 0.405. The fourth-order valence-electron chi connectivity index (χ4n) is 1.21. The number of nitrogens with two attached hydrogens (primary N) is 2. The van der Waals surface area contributed by atoms with Crippen molar-refractivity contribution in [2.75, 3.05) is 0 Å². The monoisotopic (exact) mass is 172 g/mol. The number of unbranched alkanes of at least 4 members (excludes halogenated alkanes) is 1. The Balaban J connectivity index is 3.20. The molecule has 2 nitrogen and oxygen atoms in total.